The Morgan fingerprint density at radius 3 is 2.05 bits per heavy atom. The summed E-state index contributed by atoms with van der Waals surface area (Å²) in [7, 11) is 0.00621. The maximum Gasteiger partial charge on any atom is 1.00 e. The van der Waals surface area contributed by atoms with Crippen molar-refractivity contribution in [2.75, 3.05) is 34.4 Å². The third kappa shape index (κ3) is 8.74. The van der Waals surface area contributed by atoms with Gasteiger partial charge < -0.3 is 33.2 Å². The predicted molar refractivity (Wildman–Crippen MR) is 242 cm³/mol. The molecule has 0 amide bonds. The standard InChI is InChI=1S/C52H66O10Si.Na/c1-32-21-24-42(53)33(2)26-41-43(59-30-57-9)27-36(29-61-63(50(5,6)7,37-17-13-11-14-18-37)38-19-15-12-16-20-38)28-52(41)48(55)44(49(56)62-52)47(54)51(8)40(32)23-22-39-45(51)34(3)25-35(4)46(39)60-31-58-10;/h11-23,26-27,34-35,39-41,43,45-46,56H,24-25,28-31H2,1-10H3;/q;+1/p-1/b32-21+,33-26+;/t34-,35-,39-,40-,41+,43-,45+,46-,51+,52-;/m0./s1. The number of Topliss-reactive ketones (excluding diaryl/α,β-unsaturated/α-hetero) is 3. The molecule has 0 aromatic heterocycles. The fraction of sp³-hybridized carbons (Fsp3) is 0.519. The van der Waals surface area contributed by atoms with Crippen LogP contribution in [0.3, 0.4) is 0 Å². The minimum Gasteiger partial charge on any atom is -0.597 e. The second-order valence-electron chi connectivity index (χ2n) is 19.7. The van der Waals surface area contributed by atoms with Gasteiger partial charge in [0.2, 0.25) is 0 Å². The molecule has 2 bridgehead atoms. The Bertz CT molecular complexity index is 2170. The second kappa shape index (κ2) is 19.9. The molecule has 0 unspecified atom stereocenters. The number of ketones is 3. The Kier molecular flexibility index (Phi) is 15.6. The first-order chi connectivity index (χ1) is 30.0. The topological polar surface area (TPSA) is 130 Å². The van der Waals surface area contributed by atoms with Crippen LogP contribution in [0.2, 0.25) is 5.04 Å². The summed E-state index contributed by atoms with van der Waals surface area (Å²) in [5.74, 6) is -4.18. The first-order valence-electron chi connectivity index (χ1n) is 22.4. The van der Waals surface area contributed by atoms with Crippen molar-refractivity contribution in [3.8, 4) is 0 Å². The average Bonchev–Trinajstić information content (AvgIpc) is 3.49. The maximum absolute atomic E-state index is 15.8. The largest absolute Gasteiger partial charge is 1.00 e. The van der Waals surface area contributed by atoms with Crippen molar-refractivity contribution in [2.45, 2.75) is 97.5 Å². The number of rotatable bonds is 11. The van der Waals surface area contributed by atoms with E-state index in [1.54, 1.807) is 20.1 Å². The van der Waals surface area contributed by atoms with E-state index in [0.29, 0.717) is 11.1 Å². The summed E-state index contributed by atoms with van der Waals surface area (Å²) in [4.78, 5) is 45.6. The molecule has 2 aromatic carbocycles. The van der Waals surface area contributed by atoms with Gasteiger partial charge in [-0.3, -0.25) is 14.4 Å². The predicted octanol–water partition coefficient (Wildman–Crippen LogP) is 3.94. The SMILES string of the molecule is COCO[C@@H]1[C@H]2C=C[C@H]3/C(C)=C/CC(=O)/C(C)=C/[C@@H]4[C@@H](OCOC)C=C(CO[Si](c5ccccc5)(c5ccccc5)C(C)(C)C)C[C@]45OC([O-])=C(C(=O)[C@@]3(C)[C@@H]2[C@@H](C)C[C@@H]1C)C5=O.[Na+]. The van der Waals surface area contributed by atoms with Crippen LogP contribution in [0, 0.1) is 40.9 Å². The molecule has 10 nitrogen and oxygen atoms in total. The van der Waals surface area contributed by atoms with Crippen molar-refractivity contribution >= 4 is 36.0 Å². The number of hydrogen-bond acceptors (Lipinski definition) is 10. The number of carbonyl (C=O) groups is 3. The zero-order valence-corrected chi connectivity index (χ0v) is 42.6. The van der Waals surface area contributed by atoms with Gasteiger partial charge in [0.15, 0.2) is 17.3 Å². The van der Waals surface area contributed by atoms with Crippen molar-refractivity contribution in [2.24, 2.45) is 40.9 Å². The Hall–Kier alpha value is -3.23. The smallest absolute Gasteiger partial charge is 0.597 e. The van der Waals surface area contributed by atoms with E-state index in [0.717, 1.165) is 22.4 Å². The summed E-state index contributed by atoms with van der Waals surface area (Å²) in [6.07, 6.45) is 9.31. The third-order valence-electron chi connectivity index (χ3n) is 14.8. The molecular weight excluding hydrogens is 836 g/mol. The van der Waals surface area contributed by atoms with E-state index in [-0.39, 0.29) is 103 Å². The Balaban J connectivity index is 0.00000680. The molecule has 0 radical (unpaired) electrons. The van der Waals surface area contributed by atoms with Gasteiger partial charge in [-0.15, -0.1) is 0 Å². The molecule has 64 heavy (non-hydrogen) atoms. The molecule has 0 N–H and O–H groups in total. The van der Waals surface area contributed by atoms with Crippen molar-refractivity contribution in [1.29, 1.82) is 0 Å². The van der Waals surface area contributed by atoms with Crippen LogP contribution in [-0.4, -0.2) is 77.9 Å². The van der Waals surface area contributed by atoms with Gasteiger partial charge in [0, 0.05) is 43.8 Å². The van der Waals surface area contributed by atoms with E-state index in [2.05, 4.69) is 65.0 Å². The van der Waals surface area contributed by atoms with Crippen LogP contribution in [0.25, 0.3) is 0 Å². The molecule has 0 saturated heterocycles. The molecule has 4 aliphatic carbocycles. The molecule has 1 aliphatic heterocycles. The number of methoxy groups -OCH3 is 2. The number of hydrogen-bond donors (Lipinski definition) is 0. The molecule has 7 rings (SSSR count). The summed E-state index contributed by atoms with van der Waals surface area (Å²) in [5.41, 5.74) is -1.77. The van der Waals surface area contributed by atoms with Crippen LogP contribution in [0.5, 0.6) is 0 Å². The molecular formula is C52H65NaO10Si. The maximum atomic E-state index is 15.8. The van der Waals surface area contributed by atoms with Crippen molar-refractivity contribution in [1.82, 2.24) is 0 Å². The minimum atomic E-state index is -3.08. The van der Waals surface area contributed by atoms with Gasteiger partial charge in [-0.2, -0.15) is 0 Å². The van der Waals surface area contributed by atoms with Crippen LogP contribution < -0.4 is 45.0 Å². The number of ether oxygens (including phenoxy) is 5. The summed E-state index contributed by atoms with van der Waals surface area (Å²) in [6.45, 7) is 16.4. The zero-order valence-electron chi connectivity index (χ0n) is 39.6. The fourth-order valence-electron chi connectivity index (χ4n) is 12.0. The van der Waals surface area contributed by atoms with Crippen LogP contribution in [0.1, 0.15) is 74.7 Å². The first-order valence-corrected chi connectivity index (χ1v) is 24.3. The summed E-state index contributed by atoms with van der Waals surface area (Å²) < 4.78 is 37.3. The molecule has 338 valence electrons. The summed E-state index contributed by atoms with van der Waals surface area (Å²) in [6, 6.07) is 20.5. The van der Waals surface area contributed by atoms with Gasteiger partial charge in [0.25, 0.3) is 8.32 Å². The van der Waals surface area contributed by atoms with Crippen molar-refractivity contribution in [3.63, 3.8) is 0 Å². The quantitative estimate of drug-likeness (QED) is 0.142. The Labute approximate surface area is 402 Å². The molecule has 1 heterocycles. The van der Waals surface area contributed by atoms with E-state index in [1.165, 1.54) is 7.11 Å². The summed E-state index contributed by atoms with van der Waals surface area (Å²) in [5, 5.41) is 16.5. The van der Waals surface area contributed by atoms with Gasteiger partial charge in [-0.1, -0.05) is 138 Å². The zero-order chi connectivity index (χ0) is 45.5. The van der Waals surface area contributed by atoms with E-state index in [1.807, 2.05) is 68.5 Å². The molecule has 5 aliphatic rings. The number of allylic oxidation sites excluding steroid dienone is 4. The van der Waals surface area contributed by atoms with Gasteiger partial charge >= 0.3 is 29.6 Å². The Morgan fingerprint density at radius 1 is 0.844 bits per heavy atom. The van der Waals surface area contributed by atoms with Gasteiger partial charge in [0.05, 0.1) is 35.9 Å². The molecule has 12 heteroatoms. The van der Waals surface area contributed by atoms with Crippen molar-refractivity contribution in [3.05, 3.63) is 119 Å². The first kappa shape index (κ1) is 50.2. The number of fused-ring (bicyclic) bond motifs is 4. The third-order valence-corrected chi connectivity index (χ3v) is 19.8. The van der Waals surface area contributed by atoms with Crippen LogP contribution in [0.15, 0.2) is 119 Å². The monoisotopic (exact) mass is 900 g/mol. The van der Waals surface area contributed by atoms with Crippen LogP contribution in [0.4, 0.5) is 0 Å². The van der Waals surface area contributed by atoms with E-state index in [4.69, 9.17) is 28.1 Å². The second-order valence-corrected chi connectivity index (χ2v) is 24.0. The van der Waals surface area contributed by atoms with Crippen LogP contribution >= 0.6 is 0 Å². The van der Waals surface area contributed by atoms with Gasteiger partial charge in [-0.05, 0) is 71.0 Å². The van der Waals surface area contributed by atoms with E-state index < -0.39 is 60.4 Å². The number of benzene rings is 2. The molecule has 1 saturated carbocycles. The average molecular weight is 901 g/mol. The van der Waals surface area contributed by atoms with Crippen LogP contribution in [-0.2, 0) is 42.5 Å². The van der Waals surface area contributed by atoms with E-state index in [9.17, 15) is 9.90 Å². The molecule has 1 fully saturated rings. The number of carbonyl (C=O) groups excluding carboxylic acids is 3. The molecule has 1 spiro atoms. The van der Waals surface area contributed by atoms with E-state index >= 15 is 9.59 Å². The fourth-order valence-corrected chi connectivity index (χ4v) is 16.6. The normalized spacial score (nSPS) is 33.7. The van der Waals surface area contributed by atoms with Crippen molar-refractivity contribution < 1.29 is 77.2 Å². The van der Waals surface area contributed by atoms with Gasteiger partial charge in [0.1, 0.15) is 13.6 Å². The molecule has 10 atom stereocenters. The Morgan fingerprint density at radius 2 is 1.45 bits per heavy atom. The summed E-state index contributed by atoms with van der Waals surface area (Å²) >= 11 is 0. The molecule has 2 aromatic rings. The van der Waals surface area contributed by atoms with Gasteiger partial charge in [-0.25, -0.2) is 0 Å². The minimum absolute atomic E-state index is 0.